The van der Waals surface area contributed by atoms with E-state index in [9.17, 15) is 14.7 Å². The van der Waals surface area contributed by atoms with Crippen LogP contribution >= 0.6 is 0 Å². The lowest BCUT2D eigenvalue weighted by molar-refractivity contribution is -0.0535. The molecular formula is C11H16N2O5. The van der Waals surface area contributed by atoms with Crippen LogP contribution in [0.1, 0.15) is 18.7 Å². The highest BCUT2D eigenvalue weighted by atomic mass is 16.5. The van der Waals surface area contributed by atoms with Crippen LogP contribution in [-0.4, -0.2) is 38.6 Å². The summed E-state index contributed by atoms with van der Waals surface area (Å²) < 4.78 is 6.58. The number of H-pyrrole nitrogens is 1. The molecule has 0 aromatic carbocycles. The molecule has 0 unspecified atom stereocenters. The first-order valence-electron chi connectivity index (χ1n) is 5.72. The van der Waals surface area contributed by atoms with Crippen LogP contribution in [0.5, 0.6) is 0 Å². The van der Waals surface area contributed by atoms with Crippen molar-refractivity contribution in [3.05, 3.63) is 32.6 Å². The molecule has 0 bridgehead atoms. The molecule has 0 spiro atoms. The maximum absolute atomic E-state index is 11.7. The zero-order chi connectivity index (χ0) is 13.4. The number of aliphatic hydroxyl groups is 2. The molecule has 1 fully saturated rings. The van der Waals surface area contributed by atoms with Crippen LogP contribution in [0.3, 0.4) is 0 Å². The van der Waals surface area contributed by atoms with Gasteiger partial charge in [0.1, 0.15) is 6.10 Å². The third-order valence-corrected chi connectivity index (χ3v) is 3.33. The SMILES string of the molecule is Cc1cn([C@@H]2O[C@H](CO)[C@@H](C)[C@H]2O)c(=O)[nH]c1=O. The lowest BCUT2D eigenvalue weighted by Crippen LogP contribution is -2.37. The Bertz CT molecular complexity index is 549. The van der Waals surface area contributed by atoms with E-state index in [-0.39, 0.29) is 12.5 Å². The number of ether oxygens (including phenoxy) is 1. The van der Waals surface area contributed by atoms with Crippen LogP contribution in [0.4, 0.5) is 0 Å². The number of hydrogen-bond donors (Lipinski definition) is 3. The van der Waals surface area contributed by atoms with Crippen LogP contribution in [0.15, 0.2) is 15.8 Å². The van der Waals surface area contributed by atoms with Crippen molar-refractivity contribution in [3.63, 3.8) is 0 Å². The second-order valence-corrected chi connectivity index (χ2v) is 4.58. The van der Waals surface area contributed by atoms with Crippen molar-refractivity contribution in [2.24, 2.45) is 5.92 Å². The lowest BCUT2D eigenvalue weighted by atomic mass is 10.0. The van der Waals surface area contributed by atoms with E-state index in [0.717, 1.165) is 4.57 Å². The molecule has 0 amide bonds. The van der Waals surface area contributed by atoms with Crippen molar-refractivity contribution >= 4 is 0 Å². The van der Waals surface area contributed by atoms with E-state index in [1.54, 1.807) is 13.8 Å². The quantitative estimate of drug-likeness (QED) is 0.612. The second kappa shape index (κ2) is 4.68. The van der Waals surface area contributed by atoms with Crippen LogP contribution in [0.2, 0.25) is 0 Å². The zero-order valence-electron chi connectivity index (χ0n) is 10.2. The van der Waals surface area contributed by atoms with E-state index in [1.165, 1.54) is 6.20 Å². The predicted molar refractivity (Wildman–Crippen MR) is 62.2 cm³/mol. The highest BCUT2D eigenvalue weighted by Crippen LogP contribution is 2.32. The maximum Gasteiger partial charge on any atom is 0.330 e. The fourth-order valence-corrected chi connectivity index (χ4v) is 2.08. The van der Waals surface area contributed by atoms with E-state index >= 15 is 0 Å². The third-order valence-electron chi connectivity index (χ3n) is 3.33. The molecule has 18 heavy (non-hydrogen) atoms. The number of aryl methyl sites for hydroxylation is 1. The van der Waals surface area contributed by atoms with Crippen molar-refractivity contribution in [3.8, 4) is 0 Å². The topological polar surface area (TPSA) is 105 Å². The minimum absolute atomic E-state index is 0.230. The Morgan fingerprint density at radius 3 is 2.72 bits per heavy atom. The molecule has 2 heterocycles. The molecule has 1 saturated heterocycles. The number of hydrogen-bond acceptors (Lipinski definition) is 5. The summed E-state index contributed by atoms with van der Waals surface area (Å²) in [5.41, 5.74) is -0.749. The van der Waals surface area contributed by atoms with Gasteiger partial charge in [0.05, 0.1) is 12.7 Å². The Labute approximate surface area is 103 Å². The monoisotopic (exact) mass is 256 g/mol. The second-order valence-electron chi connectivity index (χ2n) is 4.58. The Hall–Kier alpha value is -1.44. The first-order valence-corrected chi connectivity index (χ1v) is 5.72. The molecule has 4 atom stereocenters. The molecule has 7 heteroatoms. The largest absolute Gasteiger partial charge is 0.394 e. The van der Waals surface area contributed by atoms with Gasteiger partial charge in [-0.15, -0.1) is 0 Å². The van der Waals surface area contributed by atoms with Gasteiger partial charge in [0.15, 0.2) is 6.23 Å². The average molecular weight is 256 g/mol. The minimum Gasteiger partial charge on any atom is -0.394 e. The lowest BCUT2D eigenvalue weighted by Gasteiger charge is -2.17. The highest BCUT2D eigenvalue weighted by Gasteiger charge is 2.41. The molecule has 0 saturated carbocycles. The number of rotatable bonds is 2. The Morgan fingerprint density at radius 2 is 2.17 bits per heavy atom. The zero-order valence-corrected chi connectivity index (χ0v) is 10.2. The van der Waals surface area contributed by atoms with E-state index in [0.29, 0.717) is 5.56 Å². The molecule has 0 radical (unpaired) electrons. The van der Waals surface area contributed by atoms with Gasteiger partial charge in [-0.05, 0) is 6.92 Å². The summed E-state index contributed by atoms with van der Waals surface area (Å²) in [6, 6.07) is 0. The molecule has 1 aliphatic rings. The molecule has 3 N–H and O–H groups in total. The minimum atomic E-state index is -0.912. The van der Waals surface area contributed by atoms with E-state index in [4.69, 9.17) is 9.84 Å². The van der Waals surface area contributed by atoms with Gasteiger partial charge in [-0.2, -0.15) is 0 Å². The van der Waals surface area contributed by atoms with Gasteiger partial charge in [0, 0.05) is 17.7 Å². The Balaban J connectivity index is 2.42. The molecule has 7 nitrogen and oxygen atoms in total. The highest BCUT2D eigenvalue weighted by molar-refractivity contribution is 5.02. The standard InChI is InChI=1S/C11H16N2O5/c1-5-3-13(11(17)12-9(5)16)10-8(15)6(2)7(4-14)18-10/h3,6-8,10,14-15H,4H2,1-2H3,(H,12,16,17)/t6-,7-,8-,10-/m1/s1. The van der Waals surface area contributed by atoms with Gasteiger partial charge in [0.2, 0.25) is 0 Å². The van der Waals surface area contributed by atoms with Crippen LogP contribution < -0.4 is 11.2 Å². The van der Waals surface area contributed by atoms with Crippen molar-refractivity contribution in [2.45, 2.75) is 32.3 Å². The summed E-state index contributed by atoms with van der Waals surface area (Å²) in [5, 5.41) is 19.1. The maximum atomic E-state index is 11.7. The molecule has 1 aromatic heterocycles. The summed E-state index contributed by atoms with van der Waals surface area (Å²) in [5.74, 6) is -0.292. The molecule has 100 valence electrons. The van der Waals surface area contributed by atoms with Crippen molar-refractivity contribution in [2.75, 3.05) is 6.61 Å². The summed E-state index contributed by atoms with van der Waals surface area (Å²) in [4.78, 5) is 25.1. The number of aromatic amines is 1. The fourth-order valence-electron chi connectivity index (χ4n) is 2.08. The first kappa shape index (κ1) is 13.0. The molecule has 1 aliphatic heterocycles. The van der Waals surface area contributed by atoms with Gasteiger partial charge in [-0.1, -0.05) is 6.92 Å². The summed E-state index contributed by atoms with van der Waals surface area (Å²) in [6.07, 6.45) is -0.976. The van der Waals surface area contributed by atoms with E-state index < -0.39 is 29.7 Å². The Kier molecular flexibility index (Phi) is 3.38. The summed E-state index contributed by atoms with van der Waals surface area (Å²) in [6.45, 7) is 3.06. The van der Waals surface area contributed by atoms with Gasteiger partial charge in [-0.3, -0.25) is 14.3 Å². The van der Waals surface area contributed by atoms with Crippen LogP contribution in [-0.2, 0) is 4.74 Å². The van der Waals surface area contributed by atoms with Crippen molar-refractivity contribution in [1.82, 2.24) is 9.55 Å². The van der Waals surface area contributed by atoms with E-state index in [1.807, 2.05) is 0 Å². The third kappa shape index (κ3) is 2.00. The normalized spacial score (nSPS) is 31.8. The van der Waals surface area contributed by atoms with Crippen molar-refractivity contribution < 1.29 is 14.9 Å². The van der Waals surface area contributed by atoms with Gasteiger partial charge < -0.3 is 14.9 Å². The number of aromatic nitrogens is 2. The summed E-state index contributed by atoms with van der Waals surface area (Å²) >= 11 is 0. The average Bonchev–Trinajstić information content (AvgIpc) is 2.61. The summed E-state index contributed by atoms with van der Waals surface area (Å²) in [7, 11) is 0. The van der Waals surface area contributed by atoms with Gasteiger partial charge in [0.25, 0.3) is 5.56 Å². The van der Waals surface area contributed by atoms with E-state index in [2.05, 4.69) is 4.98 Å². The number of aliphatic hydroxyl groups excluding tert-OH is 2. The first-order chi connectivity index (χ1) is 8.45. The molecule has 0 aliphatic carbocycles. The van der Waals surface area contributed by atoms with Crippen molar-refractivity contribution in [1.29, 1.82) is 0 Å². The number of nitrogens with one attached hydrogen (secondary N) is 1. The molecular weight excluding hydrogens is 240 g/mol. The molecule has 2 rings (SSSR count). The van der Waals surface area contributed by atoms with Gasteiger partial charge >= 0.3 is 5.69 Å². The smallest absolute Gasteiger partial charge is 0.330 e. The van der Waals surface area contributed by atoms with Crippen LogP contribution in [0, 0.1) is 12.8 Å². The Morgan fingerprint density at radius 1 is 1.50 bits per heavy atom. The predicted octanol–water partition coefficient (Wildman–Crippen LogP) is -1.27. The van der Waals surface area contributed by atoms with Crippen LogP contribution in [0.25, 0.3) is 0 Å². The van der Waals surface area contributed by atoms with Gasteiger partial charge in [-0.25, -0.2) is 4.79 Å². The number of nitrogens with zero attached hydrogens (tertiary/aromatic N) is 1. The molecule has 1 aromatic rings. The fraction of sp³-hybridized carbons (Fsp3) is 0.636.